The summed E-state index contributed by atoms with van der Waals surface area (Å²) in [5.41, 5.74) is 0. The van der Waals surface area contributed by atoms with Gasteiger partial charge in [0.15, 0.2) is 0 Å². The van der Waals surface area contributed by atoms with E-state index in [4.69, 9.17) is 0 Å². The lowest BCUT2D eigenvalue weighted by Gasteiger charge is -1.91. The van der Waals surface area contributed by atoms with E-state index in [0.29, 0.717) is 0 Å². The van der Waals surface area contributed by atoms with Crippen molar-refractivity contribution in [1.82, 2.24) is 0 Å². The van der Waals surface area contributed by atoms with E-state index in [-0.39, 0.29) is 6.04 Å². The molecule has 2 nitrogen and oxygen atoms in total. The number of nitroso groups, excluding NO2 is 1. The third kappa shape index (κ3) is 3.53. The van der Waals surface area contributed by atoms with Gasteiger partial charge in [0.1, 0.15) is 0 Å². The Labute approximate surface area is 49.6 Å². The number of rotatable bonds is 3. The molecule has 0 aliphatic carbocycles. The molecular weight excluding hydrogens is 102 g/mol. The van der Waals surface area contributed by atoms with Crippen molar-refractivity contribution in [3.05, 3.63) is 17.1 Å². The summed E-state index contributed by atoms with van der Waals surface area (Å²) < 4.78 is 0. The second kappa shape index (κ2) is 4.50. The minimum absolute atomic E-state index is 0.0637. The predicted molar refractivity (Wildman–Crippen MR) is 34.7 cm³/mol. The van der Waals surface area contributed by atoms with Gasteiger partial charge < -0.3 is 0 Å². The highest BCUT2D eigenvalue weighted by Gasteiger charge is 1.93. The largest absolute Gasteiger partial charge is 0.151 e. The molecule has 0 heterocycles. The minimum Gasteiger partial charge on any atom is -0.151 e. The molecule has 0 saturated carbocycles. The summed E-state index contributed by atoms with van der Waals surface area (Å²) in [6.07, 6.45) is 4.62. The van der Waals surface area contributed by atoms with Gasteiger partial charge in [-0.25, -0.2) is 0 Å². The van der Waals surface area contributed by atoms with Crippen LogP contribution in [0.15, 0.2) is 17.3 Å². The summed E-state index contributed by atoms with van der Waals surface area (Å²) in [7, 11) is 0. The molecule has 0 rings (SSSR count). The molecule has 0 aromatic carbocycles. The van der Waals surface area contributed by atoms with E-state index in [1.54, 1.807) is 6.92 Å². The predicted octanol–water partition coefficient (Wildman–Crippen LogP) is 2.11. The Morgan fingerprint density at radius 1 is 1.75 bits per heavy atom. The average Bonchev–Trinajstić information content (AvgIpc) is 1.83. The van der Waals surface area contributed by atoms with Crippen LogP contribution in [0.1, 0.15) is 20.3 Å². The molecule has 1 atom stereocenters. The van der Waals surface area contributed by atoms with E-state index < -0.39 is 0 Å². The molecule has 0 bridgehead atoms. The van der Waals surface area contributed by atoms with E-state index in [9.17, 15) is 4.91 Å². The normalized spacial score (nSPS) is 14.2. The van der Waals surface area contributed by atoms with Crippen molar-refractivity contribution in [1.29, 1.82) is 0 Å². The zero-order chi connectivity index (χ0) is 6.41. The molecule has 0 amide bonds. The lowest BCUT2D eigenvalue weighted by atomic mass is 10.2. The molecule has 0 aromatic heterocycles. The van der Waals surface area contributed by atoms with Crippen molar-refractivity contribution in [3.8, 4) is 0 Å². The molecule has 1 unspecified atom stereocenters. The highest BCUT2D eigenvalue weighted by atomic mass is 16.3. The van der Waals surface area contributed by atoms with Crippen LogP contribution in [0.4, 0.5) is 0 Å². The fourth-order valence-electron chi connectivity index (χ4n) is 0.376. The molecule has 0 radical (unpaired) electrons. The summed E-state index contributed by atoms with van der Waals surface area (Å²) in [5.74, 6) is 0. The fourth-order valence-corrected chi connectivity index (χ4v) is 0.376. The topological polar surface area (TPSA) is 29.4 Å². The molecular formula is C6H11NO. The van der Waals surface area contributed by atoms with E-state index >= 15 is 0 Å². The second-order valence-electron chi connectivity index (χ2n) is 1.76. The number of nitrogens with zero attached hydrogens (tertiary/aromatic N) is 1. The molecule has 46 valence electrons. The molecule has 2 heteroatoms. The first-order valence-corrected chi connectivity index (χ1v) is 2.75. The highest BCUT2D eigenvalue weighted by molar-refractivity contribution is 4.80. The zero-order valence-electron chi connectivity index (χ0n) is 5.29. The van der Waals surface area contributed by atoms with Crippen LogP contribution in [0, 0.1) is 4.91 Å². The van der Waals surface area contributed by atoms with Crippen molar-refractivity contribution in [2.24, 2.45) is 5.18 Å². The Hall–Kier alpha value is -0.660. The van der Waals surface area contributed by atoms with Crippen LogP contribution in [-0.2, 0) is 0 Å². The Morgan fingerprint density at radius 3 is 2.75 bits per heavy atom. The van der Waals surface area contributed by atoms with Crippen molar-refractivity contribution >= 4 is 0 Å². The average molecular weight is 113 g/mol. The van der Waals surface area contributed by atoms with Crippen LogP contribution in [-0.4, -0.2) is 6.04 Å². The highest BCUT2D eigenvalue weighted by Crippen LogP contribution is 1.95. The minimum atomic E-state index is -0.0637. The SMILES string of the molecule is C/C=C\CC(C)N=O. The Balaban J connectivity index is 3.23. The second-order valence-corrected chi connectivity index (χ2v) is 1.76. The van der Waals surface area contributed by atoms with Gasteiger partial charge in [-0.3, -0.25) is 0 Å². The lowest BCUT2D eigenvalue weighted by molar-refractivity contribution is 0.752. The van der Waals surface area contributed by atoms with E-state index in [2.05, 4.69) is 5.18 Å². The van der Waals surface area contributed by atoms with Gasteiger partial charge in [-0.2, -0.15) is 4.91 Å². The monoisotopic (exact) mass is 113 g/mol. The van der Waals surface area contributed by atoms with Crippen molar-refractivity contribution in [2.45, 2.75) is 26.3 Å². The fraction of sp³-hybridized carbons (Fsp3) is 0.667. The first kappa shape index (κ1) is 7.34. The molecule has 0 saturated heterocycles. The van der Waals surface area contributed by atoms with Crippen LogP contribution >= 0.6 is 0 Å². The maximum absolute atomic E-state index is 9.73. The van der Waals surface area contributed by atoms with Gasteiger partial charge in [0.2, 0.25) is 0 Å². The maximum atomic E-state index is 9.73. The van der Waals surface area contributed by atoms with Crippen LogP contribution in [0.3, 0.4) is 0 Å². The van der Waals surface area contributed by atoms with Gasteiger partial charge in [-0.15, -0.1) is 0 Å². The molecule has 0 aromatic rings. The smallest absolute Gasteiger partial charge is 0.0925 e. The summed E-state index contributed by atoms with van der Waals surface area (Å²) >= 11 is 0. The maximum Gasteiger partial charge on any atom is 0.0925 e. The zero-order valence-corrected chi connectivity index (χ0v) is 5.29. The van der Waals surface area contributed by atoms with Gasteiger partial charge in [-0.1, -0.05) is 17.3 Å². The van der Waals surface area contributed by atoms with Crippen molar-refractivity contribution in [3.63, 3.8) is 0 Å². The number of hydrogen-bond acceptors (Lipinski definition) is 2. The Morgan fingerprint density at radius 2 is 2.38 bits per heavy atom. The van der Waals surface area contributed by atoms with Gasteiger partial charge >= 0.3 is 0 Å². The Bertz CT molecular complexity index is 88.5. The molecule has 0 aliphatic rings. The summed E-state index contributed by atoms with van der Waals surface area (Å²) in [6, 6.07) is -0.0637. The first-order chi connectivity index (χ1) is 3.81. The summed E-state index contributed by atoms with van der Waals surface area (Å²) in [5, 5.41) is 2.82. The van der Waals surface area contributed by atoms with E-state index in [1.807, 2.05) is 19.1 Å². The van der Waals surface area contributed by atoms with E-state index in [1.165, 1.54) is 0 Å². The molecule has 8 heavy (non-hydrogen) atoms. The standard InChI is InChI=1S/C6H11NO/c1-3-4-5-6(2)7-8/h3-4,6H,5H2,1-2H3/b4-3-. The van der Waals surface area contributed by atoms with Gasteiger partial charge in [0, 0.05) is 0 Å². The first-order valence-electron chi connectivity index (χ1n) is 2.75. The molecule has 0 spiro atoms. The summed E-state index contributed by atoms with van der Waals surface area (Å²) in [4.78, 5) is 9.73. The van der Waals surface area contributed by atoms with E-state index in [0.717, 1.165) is 6.42 Å². The Kier molecular flexibility index (Phi) is 4.13. The number of hydrogen-bond donors (Lipinski definition) is 0. The summed E-state index contributed by atoms with van der Waals surface area (Å²) in [6.45, 7) is 3.73. The van der Waals surface area contributed by atoms with Crippen LogP contribution in [0.25, 0.3) is 0 Å². The number of allylic oxidation sites excluding steroid dienone is 1. The molecule has 0 fully saturated rings. The molecule has 0 aliphatic heterocycles. The third-order valence-electron chi connectivity index (χ3n) is 0.893. The van der Waals surface area contributed by atoms with Crippen LogP contribution < -0.4 is 0 Å². The van der Waals surface area contributed by atoms with Crippen LogP contribution in [0.2, 0.25) is 0 Å². The van der Waals surface area contributed by atoms with Gasteiger partial charge in [0.25, 0.3) is 0 Å². The quantitative estimate of drug-likeness (QED) is 0.407. The van der Waals surface area contributed by atoms with Gasteiger partial charge in [-0.05, 0) is 20.3 Å². The van der Waals surface area contributed by atoms with Crippen LogP contribution in [0.5, 0.6) is 0 Å². The van der Waals surface area contributed by atoms with Crippen molar-refractivity contribution < 1.29 is 0 Å². The lowest BCUT2D eigenvalue weighted by Crippen LogP contribution is -1.91. The van der Waals surface area contributed by atoms with Crippen molar-refractivity contribution in [2.75, 3.05) is 0 Å². The third-order valence-corrected chi connectivity index (χ3v) is 0.893. The van der Waals surface area contributed by atoms with Gasteiger partial charge in [0.05, 0.1) is 6.04 Å². The molecule has 0 N–H and O–H groups in total.